The van der Waals surface area contributed by atoms with E-state index in [0.717, 1.165) is 53.8 Å². The second-order valence-corrected chi connectivity index (χ2v) is 7.78. The van der Waals surface area contributed by atoms with Crippen LogP contribution in [0.3, 0.4) is 0 Å². The molecule has 30 heavy (non-hydrogen) atoms. The van der Waals surface area contributed by atoms with Crippen LogP contribution in [0.1, 0.15) is 17.5 Å². The molecule has 0 unspecified atom stereocenters. The van der Waals surface area contributed by atoms with Gasteiger partial charge in [-0.3, -0.25) is 14.5 Å². The molecule has 2 aromatic carbocycles. The van der Waals surface area contributed by atoms with Gasteiger partial charge in [0.2, 0.25) is 0 Å². The fourth-order valence-corrected chi connectivity index (χ4v) is 3.90. The lowest BCUT2D eigenvalue weighted by Gasteiger charge is -2.20. The van der Waals surface area contributed by atoms with Crippen molar-refractivity contribution in [2.24, 2.45) is 0 Å². The van der Waals surface area contributed by atoms with E-state index in [2.05, 4.69) is 52.2 Å². The largest absolute Gasteiger partial charge is 0.483 e. The lowest BCUT2D eigenvalue weighted by atomic mass is 10.0. The van der Waals surface area contributed by atoms with E-state index in [1.807, 2.05) is 25.1 Å². The van der Waals surface area contributed by atoms with Crippen LogP contribution in [0.4, 0.5) is 0 Å². The van der Waals surface area contributed by atoms with E-state index in [1.54, 1.807) is 0 Å². The molecular weight excluding hydrogens is 378 g/mol. The number of nitrogens with one attached hydrogen (secondary N) is 1. The quantitative estimate of drug-likeness (QED) is 0.651. The van der Waals surface area contributed by atoms with Crippen molar-refractivity contribution in [1.29, 1.82) is 0 Å². The first kappa shape index (κ1) is 21.7. The number of aromatic nitrogens is 1. The summed E-state index contributed by atoms with van der Waals surface area (Å²) in [6.45, 7) is 7.38. The minimum absolute atomic E-state index is 0.0241. The van der Waals surface area contributed by atoms with Crippen molar-refractivity contribution in [2.45, 2.75) is 19.9 Å². The minimum Gasteiger partial charge on any atom is -0.483 e. The van der Waals surface area contributed by atoms with Crippen molar-refractivity contribution in [3.63, 3.8) is 0 Å². The standard InChI is InChI=1S/C23H27N3O.CH2O2/c1-17-5-3-6-20-21(17)15-22(24-23(20)27)19-9-7-18(8-10-19)16-26-12-4-11-25(2)13-14-26;2-1-3/h3,5-10,15H,4,11-14,16H2,1-2H3,(H,24,27);1H,(H,2,3). The van der Waals surface area contributed by atoms with Crippen LogP contribution < -0.4 is 5.56 Å². The van der Waals surface area contributed by atoms with Gasteiger partial charge in [0.1, 0.15) is 0 Å². The molecule has 6 heteroatoms. The molecule has 3 aromatic rings. The summed E-state index contributed by atoms with van der Waals surface area (Å²) in [6.07, 6.45) is 1.23. The molecule has 0 amide bonds. The number of nitrogens with zero attached hydrogens (tertiary/aromatic N) is 2. The Morgan fingerprint density at radius 3 is 2.50 bits per heavy atom. The van der Waals surface area contributed by atoms with E-state index in [9.17, 15) is 4.79 Å². The number of pyridine rings is 1. The van der Waals surface area contributed by atoms with Crippen LogP contribution in [0.15, 0.2) is 53.3 Å². The number of hydrogen-bond donors (Lipinski definition) is 2. The van der Waals surface area contributed by atoms with Gasteiger partial charge in [-0.25, -0.2) is 0 Å². The van der Waals surface area contributed by atoms with Crippen molar-refractivity contribution < 1.29 is 9.90 Å². The first-order valence-electron chi connectivity index (χ1n) is 10.2. The van der Waals surface area contributed by atoms with Crippen LogP contribution in [0.25, 0.3) is 22.0 Å². The molecule has 1 aromatic heterocycles. The molecule has 0 saturated carbocycles. The van der Waals surface area contributed by atoms with E-state index in [-0.39, 0.29) is 12.0 Å². The Kier molecular flexibility index (Phi) is 7.38. The van der Waals surface area contributed by atoms with E-state index >= 15 is 0 Å². The second kappa shape index (κ2) is 10.2. The zero-order valence-electron chi connectivity index (χ0n) is 17.6. The lowest BCUT2D eigenvalue weighted by molar-refractivity contribution is -0.122. The molecule has 0 spiro atoms. The lowest BCUT2D eigenvalue weighted by Crippen LogP contribution is -2.28. The van der Waals surface area contributed by atoms with Crippen LogP contribution in [-0.4, -0.2) is 59.6 Å². The van der Waals surface area contributed by atoms with Gasteiger partial charge in [0.25, 0.3) is 12.0 Å². The minimum atomic E-state index is -0.250. The average molecular weight is 408 g/mol. The fraction of sp³-hybridized carbons (Fsp3) is 0.333. The molecule has 0 atom stereocenters. The SMILES string of the molecule is Cc1cccc2c(=O)[nH]c(-c3ccc(CN4CCCN(C)CC4)cc3)cc12.O=CO. The number of carbonyl (C=O) groups is 1. The third-order valence-corrected chi connectivity index (χ3v) is 5.59. The monoisotopic (exact) mass is 407 g/mol. The normalized spacial score (nSPS) is 15.3. The molecule has 2 heterocycles. The molecule has 1 fully saturated rings. The van der Waals surface area contributed by atoms with Gasteiger partial charge in [-0.15, -0.1) is 0 Å². The van der Waals surface area contributed by atoms with E-state index in [1.165, 1.54) is 18.5 Å². The number of fused-ring (bicyclic) bond motifs is 1. The van der Waals surface area contributed by atoms with Crippen LogP contribution in [0.2, 0.25) is 0 Å². The molecule has 1 aliphatic rings. The van der Waals surface area contributed by atoms with Crippen LogP contribution in [0, 0.1) is 6.92 Å². The Balaban J connectivity index is 0.000000806. The average Bonchev–Trinajstić information content (AvgIpc) is 2.94. The van der Waals surface area contributed by atoms with Gasteiger partial charge in [-0.2, -0.15) is 0 Å². The van der Waals surface area contributed by atoms with Gasteiger partial charge >= 0.3 is 0 Å². The number of aryl methyl sites for hydroxylation is 1. The summed E-state index contributed by atoms with van der Waals surface area (Å²) in [6, 6.07) is 16.6. The molecule has 0 aliphatic carbocycles. The van der Waals surface area contributed by atoms with E-state index in [4.69, 9.17) is 9.90 Å². The van der Waals surface area contributed by atoms with Crippen LogP contribution in [0.5, 0.6) is 0 Å². The predicted octanol–water partition coefficient (Wildman–Crippen LogP) is 3.34. The summed E-state index contributed by atoms with van der Waals surface area (Å²) < 4.78 is 0. The Labute approximate surface area is 176 Å². The highest BCUT2D eigenvalue weighted by Crippen LogP contribution is 2.23. The summed E-state index contributed by atoms with van der Waals surface area (Å²) >= 11 is 0. The van der Waals surface area contributed by atoms with E-state index in [0.29, 0.717) is 0 Å². The van der Waals surface area contributed by atoms with Crippen molar-refractivity contribution >= 4 is 17.2 Å². The smallest absolute Gasteiger partial charge is 0.290 e. The molecule has 1 saturated heterocycles. The first-order chi connectivity index (χ1) is 14.5. The van der Waals surface area contributed by atoms with Crippen molar-refractivity contribution in [3.05, 3.63) is 70.0 Å². The Morgan fingerprint density at radius 1 is 1.03 bits per heavy atom. The Bertz CT molecular complexity index is 1040. The molecule has 0 radical (unpaired) electrons. The maximum absolute atomic E-state index is 12.4. The number of carboxylic acid groups (broad SMARTS) is 1. The maximum Gasteiger partial charge on any atom is 0.290 e. The van der Waals surface area contributed by atoms with Crippen molar-refractivity contribution in [3.8, 4) is 11.3 Å². The number of rotatable bonds is 3. The number of aromatic amines is 1. The topological polar surface area (TPSA) is 76.6 Å². The second-order valence-electron chi connectivity index (χ2n) is 7.78. The summed E-state index contributed by atoms with van der Waals surface area (Å²) in [5.41, 5.74) is 4.36. The Morgan fingerprint density at radius 2 is 1.77 bits per heavy atom. The molecule has 0 bridgehead atoms. The Hall–Kier alpha value is -2.96. The molecule has 2 N–H and O–H groups in total. The molecule has 6 nitrogen and oxygen atoms in total. The molecule has 158 valence electrons. The van der Waals surface area contributed by atoms with Gasteiger partial charge in [0, 0.05) is 30.7 Å². The van der Waals surface area contributed by atoms with Gasteiger partial charge < -0.3 is 15.0 Å². The van der Waals surface area contributed by atoms with Crippen molar-refractivity contribution in [2.75, 3.05) is 33.2 Å². The zero-order valence-corrected chi connectivity index (χ0v) is 17.6. The number of H-pyrrole nitrogens is 1. The highest BCUT2D eigenvalue weighted by molar-refractivity contribution is 5.87. The third-order valence-electron chi connectivity index (χ3n) is 5.59. The highest BCUT2D eigenvalue weighted by atomic mass is 16.3. The van der Waals surface area contributed by atoms with Gasteiger partial charge in [0.05, 0.1) is 0 Å². The number of hydrogen-bond acceptors (Lipinski definition) is 4. The molecular formula is C24H29N3O3. The molecule has 4 rings (SSSR count). The van der Waals surface area contributed by atoms with Gasteiger partial charge in [0.15, 0.2) is 0 Å². The van der Waals surface area contributed by atoms with Gasteiger partial charge in [-0.1, -0.05) is 36.4 Å². The highest BCUT2D eigenvalue weighted by Gasteiger charge is 2.12. The van der Waals surface area contributed by atoms with Gasteiger partial charge in [-0.05, 0) is 67.7 Å². The van der Waals surface area contributed by atoms with Crippen molar-refractivity contribution in [1.82, 2.24) is 14.8 Å². The van der Waals surface area contributed by atoms with Crippen LogP contribution in [-0.2, 0) is 11.3 Å². The summed E-state index contributed by atoms with van der Waals surface area (Å²) in [4.78, 5) is 28.8. The molecule has 1 aliphatic heterocycles. The van der Waals surface area contributed by atoms with E-state index < -0.39 is 0 Å². The fourth-order valence-electron chi connectivity index (χ4n) is 3.90. The summed E-state index contributed by atoms with van der Waals surface area (Å²) in [7, 11) is 2.20. The first-order valence-corrected chi connectivity index (χ1v) is 10.2. The maximum atomic E-state index is 12.4. The summed E-state index contributed by atoms with van der Waals surface area (Å²) in [5.74, 6) is 0. The van der Waals surface area contributed by atoms with Crippen LogP contribution >= 0.6 is 0 Å². The number of benzene rings is 2. The predicted molar refractivity (Wildman–Crippen MR) is 121 cm³/mol. The third kappa shape index (κ3) is 5.34. The number of likely N-dealkylation sites (N-methyl/N-ethyl adjacent to an activating group) is 1. The zero-order chi connectivity index (χ0) is 21.5. The summed E-state index contributed by atoms with van der Waals surface area (Å²) in [5, 5.41) is 8.66.